The Kier molecular flexibility index (Phi) is 6.03. The molecule has 0 unspecified atom stereocenters. The SMILES string of the molecule is [C-]#[N+]c1cncc([C@@H]2CCON2C(=O)C2CCN(c3ncc(F)c(S(C)(=O)=O)n3)CC2)c1. The predicted octanol–water partition coefficient (Wildman–Crippen LogP) is 2.09. The molecule has 0 bridgehead atoms. The number of amides is 1. The number of piperidine rings is 1. The van der Waals surface area contributed by atoms with Gasteiger partial charge in [-0.2, -0.15) is 4.98 Å². The lowest BCUT2D eigenvalue weighted by Gasteiger charge is -2.34. The molecule has 2 aromatic heterocycles. The zero-order chi connectivity index (χ0) is 22.9. The number of sulfone groups is 1. The standard InChI is InChI=1S/C20H21FN6O4S/c1-22-15-9-14(10-23-11-15)17-5-8-31-27(17)19(28)13-3-6-26(7-4-13)20-24-12-16(21)18(25-20)32(2,29)30/h9-13,17H,3-8H2,2H3/t17-/m0/s1. The summed E-state index contributed by atoms with van der Waals surface area (Å²) in [5, 5.41) is 0.755. The summed E-state index contributed by atoms with van der Waals surface area (Å²) in [7, 11) is -3.82. The van der Waals surface area contributed by atoms with Gasteiger partial charge in [-0.3, -0.25) is 14.6 Å². The number of hydrogen-bond acceptors (Lipinski definition) is 8. The van der Waals surface area contributed by atoms with Crippen molar-refractivity contribution in [2.75, 3.05) is 30.9 Å². The molecule has 0 aromatic carbocycles. The minimum atomic E-state index is -3.82. The highest BCUT2D eigenvalue weighted by atomic mass is 32.2. The third-order valence-corrected chi connectivity index (χ3v) is 6.55. The van der Waals surface area contributed by atoms with Crippen LogP contribution in [0.4, 0.5) is 16.0 Å². The van der Waals surface area contributed by atoms with Crippen LogP contribution >= 0.6 is 0 Å². The fourth-order valence-electron chi connectivity index (χ4n) is 3.94. The minimum Gasteiger partial charge on any atom is -0.341 e. The molecule has 2 aliphatic heterocycles. The normalized spacial score (nSPS) is 19.7. The minimum absolute atomic E-state index is 0.120. The molecule has 168 valence electrons. The van der Waals surface area contributed by atoms with Gasteiger partial charge in [-0.25, -0.2) is 27.7 Å². The van der Waals surface area contributed by atoms with E-state index in [1.807, 2.05) is 0 Å². The van der Waals surface area contributed by atoms with E-state index >= 15 is 0 Å². The van der Waals surface area contributed by atoms with Crippen molar-refractivity contribution < 1.29 is 22.4 Å². The quantitative estimate of drug-likeness (QED) is 0.504. The molecule has 0 radical (unpaired) electrons. The van der Waals surface area contributed by atoms with Crippen molar-refractivity contribution in [1.82, 2.24) is 20.0 Å². The number of pyridine rings is 1. The van der Waals surface area contributed by atoms with Crippen molar-refractivity contribution >= 4 is 27.4 Å². The lowest BCUT2D eigenvalue weighted by Crippen LogP contribution is -2.42. The highest BCUT2D eigenvalue weighted by molar-refractivity contribution is 7.90. The molecule has 2 aliphatic rings. The van der Waals surface area contributed by atoms with Crippen LogP contribution in [0.1, 0.15) is 30.9 Å². The second-order valence-corrected chi connectivity index (χ2v) is 9.68. The number of carbonyl (C=O) groups is 1. The third-order valence-electron chi connectivity index (χ3n) is 5.56. The lowest BCUT2D eigenvalue weighted by molar-refractivity contribution is -0.182. The van der Waals surface area contributed by atoms with Crippen molar-refractivity contribution in [3.05, 3.63) is 47.5 Å². The van der Waals surface area contributed by atoms with E-state index in [2.05, 4.69) is 19.8 Å². The molecule has 1 amide bonds. The first-order chi connectivity index (χ1) is 15.3. The second-order valence-electron chi connectivity index (χ2n) is 7.75. The summed E-state index contributed by atoms with van der Waals surface area (Å²) in [6.45, 7) is 8.39. The zero-order valence-electron chi connectivity index (χ0n) is 17.3. The summed E-state index contributed by atoms with van der Waals surface area (Å²) in [5.74, 6) is -1.30. The average Bonchev–Trinajstić information content (AvgIpc) is 3.28. The van der Waals surface area contributed by atoms with E-state index in [4.69, 9.17) is 11.4 Å². The van der Waals surface area contributed by atoms with E-state index in [0.29, 0.717) is 44.6 Å². The molecule has 0 saturated carbocycles. The van der Waals surface area contributed by atoms with Gasteiger partial charge < -0.3 is 4.90 Å². The summed E-state index contributed by atoms with van der Waals surface area (Å²) >= 11 is 0. The smallest absolute Gasteiger partial charge is 0.249 e. The topological polar surface area (TPSA) is 110 Å². The average molecular weight is 460 g/mol. The van der Waals surface area contributed by atoms with Gasteiger partial charge in [-0.05, 0) is 24.5 Å². The van der Waals surface area contributed by atoms with Gasteiger partial charge in [0, 0.05) is 44.1 Å². The van der Waals surface area contributed by atoms with E-state index in [1.54, 1.807) is 17.2 Å². The zero-order valence-corrected chi connectivity index (χ0v) is 18.1. The maximum Gasteiger partial charge on any atom is 0.249 e. The van der Waals surface area contributed by atoms with Crippen LogP contribution in [-0.4, -0.2) is 60.3 Å². The van der Waals surface area contributed by atoms with Gasteiger partial charge in [0.25, 0.3) is 0 Å². The predicted molar refractivity (Wildman–Crippen MR) is 111 cm³/mol. The molecule has 32 heavy (non-hydrogen) atoms. The Bertz CT molecular complexity index is 1180. The van der Waals surface area contributed by atoms with E-state index < -0.39 is 20.7 Å². The van der Waals surface area contributed by atoms with Crippen LogP contribution in [-0.2, 0) is 19.5 Å². The van der Waals surface area contributed by atoms with Gasteiger partial charge in [0.05, 0.1) is 25.4 Å². The highest BCUT2D eigenvalue weighted by Gasteiger charge is 2.37. The highest BCUT2D eigenvalue weighted by Crippen LogP contribution is 2.34. The molecule has 2 saturated heterocycles. The van der Waals surface area contributed by atoms with Crippen molar-refractivity contribution in [3.63, 3.8) is 0 Å². The molecular weight excluding hydrogens is 439 g/mol. The van der Waals surface area contributed by atoms with E-state index in [9.17, 15) is 17.6 Å². The Hall–Kier alpha value is -3.17. The molecule has 0 aliphatic carbocycles. The third kappa shape index (κ3) is 4.39. The summed E-state index contributed by atoms with van der Waals surface area (Å²) in [6, 6.07) is 1.42. The van der Waals surface area contributed by atoms with Crippen molar-refractivity contribution in [1.29, 1.82) is 0 Å². The Labute approximate surface area is 184 Å². The van der Waals surface area contributed by atoms with Crippen molar-refractivity contribution in [2.24, 2.45) is 5.92 Å². The molecular formula is C20H21FN6O4S. The molecule has 0 spiro atoms. The van der Waals surface area contributed by atoms with Gasteiger partial charge in [0.2, 0.25) is 17.5 Å². The number of hydroxylamine groups is 2. The molecule has 2 fully saturated rings. The van der Waals surface area contributed by atoms with E-state index in [1.165, 1.54) is 11.3 Å². The van der Waals surface area contributed by atoms with Gasteiger partial charge in [0.15, 0.2) is 20.7 Å². The van der Waals surface area contributed by atoms with Gasteiger partial charge in [0.1, 0.15) is 0 Å². The fraction of sp³-hybridized carbons (Fsp3) is 0.450. The lowest BCUT2D eigenvalue weighted by atomic mass is 9.95. The summed E-state index contributed by atoms with van der Waals surface area (Å²) in [6.07, 6.45) is 6.45. The second kappa shape index (κ2) is 8.76. The maximum atomic E-state index is 13.8. The van der Waals surface area contributed by atoms with E-state index in [-0.39, 0.29) is 23.8 Å². The number of carbonyl (C=O) groups excluding carboxylic acids is 1. The van der Waals surface area contributed by atoms with Crippen LogP contribution in [0, 0.1) is 18.3 Å². The van der Waals surface area contributed by atoms with Crippen molar-refractivity contribution in [2.45, 2.75) is 30.3 Å². The Morgan fingerprint density at radius 2 is 2.00 bits per heavy atom. The van der Waals surface area contributed by atoms with Crippen molar-refractivity contribution in [3.8, 4) is 0 Å². The van der Waals surface area contributed by atoms with Gasteiger partial charge in [-0.15, -0.1) is 0 Å². The molecule has 2 aromatic rings. The molecule has 4 rings (SSSR count). The summed E-state index contributed by atoms with van der Waals surface area (Å²) < 4.78 is 37.3. The Morgan fingerprint density at radius 1 is 1.25 bits per heavy atom. The van der Waals surface area contributed by atoms with E-state index in [0.717, 1.165) is 18.0 Å². The van der Waals surface area contributed by atoms with Crippen LogP contribution in [0.5, 0.6) is 0 Å². The number of halogens is 1. The maximum absolute atomic E-state index is 13.8. The number of rotatable bonds is 4. The van der Waals surface area contributed by atoms with Crippen LogP contribution in [0.2, 0.25) is 0 Å². The molecule has 0 N–H and O–H groups in total. The number of nitrogens with zero attached hydrogens (tertiary/aromatic N) is 6. The molecule has 10 nitrogen and oxygen atoms in total. The fourth-order valence-corrected chi connectivity index (χ4v) is 4.59. The van der Waals surface area contributed by atoms with Crippen LogP contribution in [0.25, 0.3) is 4.85 Å². The summed E-state index contributed by atoms with van der Waals surface area (Å²) in [5.41, 5.74) is 1.16. The summed E-state index contributed by atoms with van der Waals surface area (Å²) in [4.78, 5) is 35.8. The molecule has 12 heteroatoms. The largest absolute Gasteiger partial charge is 0.341 e. The number of hydrogen-bond donors (Lipinski definition) is 0. The van der Waals surface area contributed by atoms with Crippen LogP contribution < -0.4 is 4.90 Å². The number of anilines is 1. The van der Waals surface area contributed by atoms with Crippen LogP contribution in [0.3, 0.4) is 0 Å². The van der Waals surface area contributed by atoms with Crippen LogP contribution in [0.15, 0.2) is 29.7 Å². The van der Waals surface area contributed by atoms with Gasteiger partial charge >= 0.3 is 0 Å². The van der Waals surface area contributed by atoms with Gasteiger partial charge in [-0.1, -0.05) is 0 Å². The first-order valence-electron chi connectivity index (χ1n) is 10.0. The molecule has 1 atom stereocenters. The first kappa shape index (κ1) is 22.0. The Balaban J connectivity index is 1.44. The first-order valence-corrected chi connectivity index (χ1v) is 11.9. The number of aromatic nitrogens is 3. The molecule has 4 heterocycles. The Morgan fingerprint density at radius 3 is 2.69 bits per heavy atom. The monoisotopic (exact) mass is 460 g/mol.